The first kappa shape index (κ1) is 17.9. The summed E-state index contributed by atoms with van der Waals surface area (Å²) in [5.41, 5.74) is 0.512. The molecule has 1 aromatic heterocycles. The van der Waals surface area contributed by atoms with Crippen LogP contribution in [0.3, 0.4) is 0 Å². The van der Waals surface area contributed by atoms with Crippen molar-refractivity contribution in [1.82, 2.24) is 19.6 Å². The lowest BCUT2D eigenvalue weighted by atomic mass is 9.79. The third-order valence-electron chi connectivity index (χ3n) is 5.43. The van der Waals surface area contributed by atoms with Gasteiger partial charge in [-0.15, -0.1) is 0 Å². The standard InChI is InChI=1S/C18H28N4O3/c1-5-21-11-8-14(19-21)17(23)20-9-6-13(7-10-20)15-16(25-4)18(24)22(15)12(2)3/h8,11-13,15-16H,5-7,9-10H2,1-4H3/t15-,16+/m0/s1. The van der Waals surface area contributed by atoms with Gasteiger partial charge in [-0.25, -0.2) is 0 Å². The Balaban J connectivity index is 1.61. The second-order valence-electron chi connectivity index (χ2n) is 7.17. The first-order chi connectivity index (χ1) is 12.0. The van der Waals surface area contributed by atoms with Crippen LogP contribution in [0.4, 0.5) is 0 Å². The molecule has 2 aliphatic heterocycles. The second kappa shape index (κ2) is 7.15. The molecule has 2 aliphatic rings. The summed E-state index contributed by atoms with van der Waals surface area (Å²) in [6.07, 6.45) is 3.29. The minimum atomic E-state index is -0.324. The van der Waals surface area contributed by atoms with E-state index in [1.54, 1.807) is 17.9 Å². The van der Waals surface area contributed by atoms with E-state index in [0.717, 1.165) is 19.4 Å². The SMILES string of the molecule is CCn1ccc(C(=O)N2CCC([C@H]3[C@@H](OC)C(=O)N3C(C)C)CC2)n1. The summed E-state index contributed by atoms with van der Waals surface area (Å²) < 4.78 is 7.19. The summed E-state index contributed by atoms with van der Waals surface area (Å²) in [4.78, 5) is 28.6. The first-order valence-electron chi connectivity index (χ1n) is 9.15. The number of methoxy groups -OCH3 is 1. The van der Waals surface area contributed by atoms with Crippen LogP contribution in [-0.4, -0.2) is 69.8 Å². The molecule has 0 unspecified atom stereocenters. The summed E-state index contributed by atoms with van der Waals surface area (Å²) in [6.45, 7) is 8.25. The van der Waals surface area contributed by atoms with Crippen molar-refractivity contribution in [1.29, 1.82) is 0 Å². The summed E-state index contributed by atoms with van der Waals surface area (Å²) in [5.74, 6) is 0.466. The summed E-state index contributed by atoms with van der Waals surface area (Å²) in [5, 5.41) is 4.31. The van der Waals surface area contributed by atoms with Crippen molar-refractivity contribution in [3.63, 3.8) is 0 Å². The van der Waals surface area contributed by atoms with Gasteiger partial charge in [0, 0.05) is 39.0 Å². The minimum Gasteiger partial charge on any atom is -0.369 e. The van der Waals surface area contributed by atoms with E-state index in [0.29, 0.717) is 24.7 Å². The Labute approximate surface area is 148 Å². The van der Waals surface area contributed by atoms with Gasteiger partial charge in [-0.05, 0) is 45.6 Å². The minimum absolute atomic E-state index is 0.000608. The molecular formula is C18H28N4O3. The molecule has 2 atom stereocenters. The van der Waals surface area contributed by atoms with E-state index in [1.807, 2.05) is 36.8 Å². The second-order valence-corrected chi connectivity index (χ2v) is 7.17. The molecule has 0 N–H and O–H groups in total. The number of carbonyl (C=O) groups is 2. The number of amides is 2. The lowest BCUT2D eigenvalue weighted by Crippen LogP contribution is -2.70. The number of β-lactam (4-membered cyclic amide) rings is 1. The monoisotopic (exact) mass is 348 g/mol. The van der Waals surface area contributed by atoms with Gasteiger partial charge in [0.25, 0.3) is 11.8 Å². The van der Waals surface area contributed by atoms with Crippen molar-refractivity contribution >= 4 is 11.8 Å². The number of carbonyl (C=O) groups excluding carboxylic acids is 2. The normalized spacial score (nSPS) is 24.8. The predicted octanol–water partition coefficient (Wildman–Crippen LogP) is 1.39. The van der Waals surface area contributed by atoms with E-state index in [9.17, 15) is 9.59 Å². The molecule has 0 radical (unpaired) electrons. The Kier molecular flexibility index (Phi) is 5.13. The predicted molar refractivity (Wildman–Crippen MR) is 93.1 cm³/mol. The maximum absolute atomic E-state index is 12.6. The molecule has 3 heterocycles. The van der Waals surface area contributed by atoms with Crippen molar-refractivity contribution < 1.29 is 14.3 Å². The number of aryl methyl sites for hydroxylation is 1. The topological polar surface area (TPSA) is 67.7 Å². The molecule has 1 aromatic rings. The molecule has 0 bridgehead atoms. The van der Waals surface area contributed by atoms with Crippen molar-refractivity contribution in [3.8, 4) is 0 Å². The van der Waals surface area contributed by atoms with Crippen molar-refractivity contribution in [2.75, 3.05) is 20.2 Å². The largest absolute Gasteiger partial charge is 0.369 e. The van der Waals surface area contributed by atoms with Crippen LogP contribution in [0.5, 0.6) is 0 Å². The van der Waals surface area contributed by atoms with E-state index in [4.69, 9.17) is 4.74 Å². The van der Waals surface area contributed by atoms with Crippen LogP contribution in [0.2, 0.25) is 0 Å². The molecule has 138 valence electrons. The van der Waals surface area contributed by atoms with Crippen LogP contribution in [0.15, 0.2) is 12.3 Å². The fourth-order valence-corrected chi connectivity index (χ4v) is 4.07. The molecular weight excluding hydrogens is 320 g/mol. The van der Waals surface area contributed by atoms with Crippen LogP contribution in [0.25, 0.3) is 0 Å². The number of hydrogen-bond donors (Lipinski definition) is 0. The van der Waals surface area contributed by atoms with E-state index in [-0.39, 0.29) is 30.0 Å². The lowest BCUT2D eigenvalue weighted by Gasteiger charge is -2.53. The van der Waals surface area contributed by atoms with Crippen LogP contribution >= 0.6 is 0 Å². The smallest absolute Gasteiger partial charge is 0.274 e. The summed E-state index contributed by atoms with van der Waals surface area (Å²) >= 11 is 0. The number of piperidine rings is 1. The van der Waals surface area contributed by atoms with Crippen molar-refractivity contribution in [2.45, 2.75) is 58.3 Å². The molecule has 25 heavy (non-hydrogen) atoms. The Morgan fingerprint density at radius 3 is 2.56 bits per heavy atom. The number of aromatic nitrogens is 2. The van der Waals surface area contributed by atoms with Crippen LogP contribution in [0.1, 0.15) is 44.1 Å². The molecule has 2 fully saturated rings. The highest BCUT2D eigenvalue weighted by molar-refractivity contribution is 5.92. The van der Waals surface area contributed by atoms with Crippen LogP contribution in [-0.2, 0) is 16.1 Å². The highest BCUT2D eigenvalue weighted by Crippen LogP contribution is 2.36. The fourth-order valence-electron chi connectivity index (χ4n) is 4.07. The van der Waals surface area contributed by atoms with E-state index in [2.05, 4.69) is 5.10 Å². The molecule has 0 aromatic carbocycles. The number of hydrogen-bond acceptors (Lipinski definition) is 4. The maximum atomic E-state index is 12.6. The van der Waals surface area contributed by atoms with Gasteiger partial charge in [0.2, 0.25) is 0 Å². The Hall–Kier alpha value is -1.89. The third kappa shape index (κ3) is 3.17. The number of likely N-dealkylation sites (tertiary alicyclic amines) is 2. The van der Waals surface area contributed by atoms with Gasteiger partial charge in [0.1, 0.15) is 5.69 Å². The zero-order valence-electron chi connectivity index (χ0n) is 15.5. The van der Waals surface area contributed by atoms with Crippen LogP contribution in [0, 0.1) is 5.92 Å². The summed E-state index contributed by atoms with van der Waals surface area (Å²) in [7, 11) is 1.61. The average molecular weight is 348 g/mol. The Morgan fingerprint density at radius 2 is 2.04 bits per heavy atom. The van der Waals surface area contributed by atoms with Gasteiger partial charge in [-0.1, -0.05) is 0 Å². The Bertz CT molecular complexity index is 634. The van der Waals surface area contributed by atoms with Crippen molar-refractivity contribution in [2.24, 2.45) is 5.92 Å². The summed E-state index contributed by atoms with van der Waals surface area (Å²) in [6, 6.07) is 2.10. The van der Waals surface area contributed by atoms with Gasteiger partial charge in [-0.2, -0.15) is 5.10 Å². The molecule has 2 amide bonds. The molecule has 0 aliphatic carbocycles. The number of nitrogens with zero attached hydrogens (tertiary/aromatic N) is 4. The number of rotatable bonds is 5. The highest BCUT2D eigenvalue weighted by atomic mass is 16.5. The first-order valence-corrected chi connectivity index (χ1v) is 9.15. The zero-order chi connectivity index (χ0) is 18.1. The zero-order valence-corrected chi connectivity index (χ0v) is 15.5. The lowest BCUT2D eigenvalue weighted by molar-refractivity contribution is -0.181. The number of ether oxygens (including phenoxy) is 1. The molecule has 2 saturated heterocycles. The van der Waals surface area contributed by atoms with Gasteiger partial charge in [-0.3, -0.25) is 14.3 Å². The van der Waals surface area contributed by atoms with E-state index >= 15 is 0 Å². The third-order valence-corrected chi connectivity index (χ3v) is 5.43. The molecule has 0 spiro atoms. The molecule has 7 nitrogen and oxygen atoms in total. The van der Waals surface area contributed by atoms with Gasteiger partial charge in [0.15, 0.2) is 6.10 Å². The van der Waals surface area contributed by atoms with Gasteiger partial charge in [0.05, 0.1) is 6.04 Å². The quantitative estimate of drug-likeness (QED) is 0.754. The van der Waals surface area contributed by atoms with Gasteiger partial charge < -0.3 is 14.5 Å². The van der Waals surface area contributed by atoms with Crippen LogP contribution < -0.4 is 0 Å². The fraction of sp³-hybridized carbons (Fsp3) is 0.722. The highest BCUT2D eigenvalue weighted by Gasteiger charge is 2.52. The van der Waals surface area contributed by atoms with Crippen molar-refractivity contribution in [3.05, 3.63) is 18.0 Å². The maximum Gasteiger partial charge on any atom is 0.274 e. The van der Waals surface area contributed by atoms with E-state index < -0.39 is 0 Å². The molecule has 3 rings (SSSR count). The Morgan fingerprint density at radius 1 is 1.36 bits per heavy atom. The average Bonchev–Trinajstić information content (AvgIpc) is 3.08. The molecule has 7 heteroatoms. The molecule has 0 saturated carbocycles. The van der Waals surface area contributed by atoms with Gasteiger partial charge >= 0.3 is 0 Å². The van der Waals surface area contributed by atoms with E-state index in [1.165, 1.54) is 0 Å².